The van der Waals surface area contributed by atoms with Crippen molar-refractivity contribution in [3.05, 3.63) is 52.7 Å². The van der Waals surface area contributed by atoms with Crippen molar-refractivity contribution in [2.75, 3.05) is 0 Å². The lowest BCUT2D eigenvalue weighted by molar-refractivity contribution is 0.622. The van der Waals surface area contributed by atoms with Gasteiger partial charge in [0.2, 0.25) is 0 Å². The van der Waals surface area contributed by atoms with E-state index in [1.54, 1.807) is 6.07 Å². The van der Waals surface area contributed by atoms with Gasteiger partial charge >= 0.3 is 0 Å². The zero-order valence-electron chi connectivity index (χ0n) is 8.42. The molecule has 0 spiro atoms. The van der Waals surface area contributed by atoms with Gasteiger partial charge in [-0.05, 0) is 30.3 Å². The van der Waals surface area contributed by atoms with Gasteiger partial charge in [-0.25, -0.2) is 13.8 Å². The van der Waals surface area contributed by atoms with Crippen molar-refractivity contribution in [1.82, 2.24) is 4.98 Å². The summed E-state index contributed by atoms with van der Waals surface area (Å²) in [6.07, 6.45) is 0. The number of nitrogens with zero attached hydrogens (tertiary/aromatic N) is 2. The van der Waals surface area contributed by atoms with Gasteiger partial charge in [-0.15, -0.1) is 0 Å². The van der Waals surface area contributed by atoms with Gasteiger partial charge in [0.25, 0.3) is 0 Å². The number of nitriles is 1. The normalized spacial score (nSPS) is 10.0. The van der Waals surface area contributed by atoms with Crippen LogP contribution < -0.4 is 0 Å². The summed E-state index contributed by atoms with van der Waals surface area (Å²) >= 11 is 5.66. The molecule has 17 heavy (non-hydrogen) atoms. The number of benzene rings is 1. The van der Waals surface area contributed by atoms with Gasteiger partial charge in [-0.3, -0.25) is 0 Å². The largest absolute Gasteiger partial charge is 0.233 e. The highest BCUT2D eigenvalue weighted by atomic mass is 35.5. The molecular weight excluding hydrogens is 246 g/mol. The lowest BCUT2D eigenvalue weighted by Crippen LogP contribution is -1.93. The first-order chi connectivity index (χ1) is 8.11. The molecule has 1 heterocycles. The van der Waals surface area contributed by atoms with Gasteiger partial charge in [0, 0.05) is 5.56 Å². The van der Waals surface area contributed by atoms with Gasteiger partial charge < -0.3 is 0 Å². The Hall–Kier alpha value is -1.99. The Balaban J connectivity index is 2.69. The molecule has 2 aromatic rings. The maximum absolute atomic E-state index is 13.5. The van der Waals surface area contributed by atoms with E-state index < -0.39 is 11.6 Å². The van der Waals surface area contributed by atoms with Gasteiger partial charge in [-0.1, -0.05) is 11.6 Å². The lowest BCUT2D eigenvalue weighted by atomic mass is 10.0. The fourth-order valence-electron chi connectivity index (χ4n) is 1.42. The van der Waals surface area contributed by atoms with Crippen molar-refractivity contribution in [3.8, 4) is 17.3 Å². The predicted molar refractivity (Wildman–Crippen MR) is 59.3 cm³/mol. The van der Waals surface area contributed by atoms with Crippen LogP contribution in [0.1, 0.15) is 5.56 Å². The Bertz CT molecular complexity index is 620. The Kier molecular flexibility index (Phi) is 3.03. The second-order valence-corrected chi connectivity index (χ2v) is 3.65. The van der Waals surface area contributed by atoms with Crippen LogP contribution in [0, 0.1) is 23.0 Å². The molecule has 0 saturated heterocycles. The molecule has 2 nitrogen and oxygen atoms in total. The maximum Gasteiger partial charge on any atom is 0.149 e. The first-order valence-corrected chi connectivity index (χ1v) is 5.01. The molecule has 0 fully saturated rings. The standard InChI is InChI=1S/C12H5ClF2N2/c13-11-4-3-10(15)12(17-11)9-2-1-8(14)5-7(9)6-16/h1-5H. The van der Waals surface area contributed by atoms with E-state index >= 15 is 0 Å². The third kappa shape index (κ3) is 2.24. The number of hydrogen-bond acceptors (Lipinski definition) is 2. The van der Waals surface area contributed by atoms with Gasteiger partial charge in [-0.2, -0.15) is 5.26 Å². The molecule has 0 aliphatic rings. The summed E-state index contributed by atoms with van der Waals surface area (Å²) < 4.78 is 26.5. The second-order valence-electron chi connectivity index (χ2n) is 3.27. The molecule has 0 bridgehead atoms. The average molecular weight is 251 g/mol. The van der Waals surface area contributed by atoms with Crippen LogP contribution >= 0.6 is 11.6 Å². The van der Waals surface area contributed by atoms with Crippen molar-refractivity contribution in [3.63, 3.8) is 0 Å². The highest BCUT2D eigenvalue weighted by molar-refractivity contribution is 6.29. The minimum Gasteiger partial charge on any atom is -0.233 e. The van der Waals surface area contributed by atoms with Crippen LogP contribution in [-0.4, -0.2) is 4.98 Å². The minimum absolute atomic E-state index is 0.0127. The summed E-state index contributed by atoms with van der Waals surface area (Å²) in [7, 11) is 0. The Morgan fingerprint density at radius 2 is 1.94 bits per heavy atom. The van der Waals surface area contributed by atoms with Crippen molar-refractivity contribution < 1.29 is 8.78 Å². The van der Waals surface area contributed by atoms with Crippen LogP contribution in [-0.2, 0) is 0 Å². The molecule has 0 N–H and O–H groups in total. The molecule has 0 amide bonds. The SMILES string of the molecule is N#Cc1cc(F)ccc1-c1nc(Cl)ccc1F. The topological polar surface area (TPSA) is 36.7 Å². The zero-order chi connectivity index (χ0) is 12.4. The monoisotopic (exact) mass is 250 g/mol. The van der Waals surface area contributed by atoms with Crippen molar-refractivity contribution >= 4 is 11.6 Å². The highest BCUT2D eigenvalue weighted by Crippen LogP contribution is 2.26. The quantitative estimate of drug-likeness (QED) is 0.726. The summed E-state index contributed by atoms with van der Waals surface area (Å²) in [5, 5.41) is 8.97. The summed E-state index contributed by atoms with van der Waals surface area (Å²) in [4.78, 5) is 3.80. The number of hydrogen-bond donors (Lipinski definition) is 0. The van der Waals surface area contributed by atoms with E-state index in [1.807, 2.05) is 0 Å². The van der Waals surface area contributed by atoms with E-state index in [-0.39, 0.29) is 22.0 Å². The van der Waals surface area contributed by atoms with E-state index in [0.29, 0.717) is 0 Å². The fraction of sp³-hybridized carbons (Fsp3) is 0. The Labute approximate surface area is 101 Å². The molecule has 0 radical (unpaired) electrons. The fourth-order valence-corrected chi connectivity index (χ4v) is 1.57. The van der Waals surface area contributed by atoms with E-state index in [1.165, 1.54) is 12.1 Å². The summed E-state index contributed by atoms with van der Waals surface area (Å²) in [6, 6.07) is 7.70. The first-order valence-electron chi connectivity index (χ1n) is 4.64. The molecule has 84 valence electrons. The van der Waals surface area contributed by atoms with Crippen molar-refractivity contribution in [2.45, 2.75) is 0 Å². The smallest absolute Gasteiger partial charge is 0.149 e. The Morgan fingerprint density at radius 3 is 2.65 bits per heavy atom. The molecule has 0 aliphatic carbocycles. The van der Waals surface area contributed by atoms with E-state index in [0.717, 1.165) is 18.2 Å². The third-order valence-corrected chi connectivity index (χ3v) is 2.38. The van der Waals surface area contributed by atoms with Crippen LogP contribution in [0.25, 0.3) is 11.3 Å². The second kappa shape index (κ2) is 4.48. The molecule has 0 saturated carbocycles. The van der Waals surface area contributed by atoms with E-state index in [2.05, 4.69) is 4.98 Å². The number of pyridine rings is 1. The van der Waals surface area contributed by atoms with Crippen molar-refractivity contribution in [1.29, 1.82) is 5.26 Å². The molecular formula is C12H5ClF2N2. The number of rotatable bonds is 1. The van der Waals surface area contributed by atoms with Crippen molar-refractivity contribution in [2.24, 2.45) is 0 Å². The molecule has 2 rings (SSSR count). The zero-order valence-corrected chi connectivity index (χ0v) is 9.17. The Morgan fingerprint density at radius 1 is 1.18 bits per heavy atom. The predicted octanol–water partition coefficient (Wildman–Crippen LogP) is 3.55. The minimum atomic E-state index is -0.613. The molecule has 0 atom stereocenters. The third-order valence-electron chi connectivity index (χ3n) is 2.17. The van der Waals surface area contributed by atoms with E-state index in [9.17, 15) is 8.78 Å². The number of aromatic nitrogens is 1. The first kappa shape index (κ1) is 11.5. The van der Waals surface area contributed by atoms with Crippen LogP contribution in [0.2, 0.25) is 5.15 Å². The van der Waals surface area contributed by atoms with E-state index in [4.69, 9.17) is 16.9 Å². The molecule has 1 aromatic carbocycles. The summed E-state index contributed by atoms with van der Waals surface area (Å²) in [5.74, 6) is -1.18. The number of halogens is 3. The highest BCUT2D eigenvalue weighted by Gasteiger charge is 2.12. The average Bonchev–Trinajstić information content (AvgIpc) is 2.32. The van der Waals surface area contributed by atoms with Crippen LogP contribution in [0.3, 0.4) is 0 Å². The molecule has 0 aliphatic heterocycles. The van der Waals surface area contributed by atoms with Crippen LogP contribution in [0.15, 0.2) is 30.3 Å². The van der Waals surface area contributed by atoms with Gasteiger partial charge in [0.15, 0.2) is 0 Å². The van der Waals surface area contributed by atoms with Gasteiger partial charge in [0.1, 0.15) is 22.5 Å². The molecule has 5 heteroatoms. The van der Waals surface area contributed by atoms with Crippen LogP contribution in [0.4, 0.5) is 8.78 Å². The molecule has 0 unspecified atom stereocenters. The van der Waals surface area contributed by atoms with Gasteiger partial charge in [0.05, 0.1) is 11.6 Å². The maximum atomic E-state index is 13.5. The lowest BCUT2D eigenvalue weighted by Gasteiger charge is -2.05. The summed E-state index contributed by atoms with van der Waals surface area (Å²) in [6.45, 7) is 0. The molecule has 1 aromatic heterocycles. The summed E-state index contributed by atoms with van der Waals surface area (Å²) in [5.41, 5.74) is 0.168. The van der Waals surface area contributed by atoms with Crippen LogP contribution in [0.5, 0.6) is 0 Å².